The first-order valence-corrected chi connectivity index (χ1v) is 6.85. The Balaban J connectivity index is 2.81. The van der Waals surface area contributed by atoms with Crippen LogP contribution in [0.3, 0.4) is 0 Å². The Morgan fingerprint density at radius 1 is 0.733 bits per heavy atom. The van der Waals surface area contributed by atoms with Gasteiger partial charge in [-0.15, -0.1) is 0 Å². The lowest BCUT2D eigenvalue weighted by molar-refractivity contribution is 0.184. The van der Waals surface area contributed by atoms with Gasteiger partial charge in [-0.05, 0) is 12.8 Å². The fourth-order valence-corrected chi connectivity index (χ4v) is 1.60. The van der Waals surface area contributed by atoms with E-state index in [1.165, 1.54) is 57.8 Å². The maximum absolute atomic E-state index is 5.44. The second-order valence-corrected chi connectivity index (χ2v) is 4.30. The van der Waals surface area contributed by atoms with Gasteiger partial charge in [0.25, 0.3) is 0 Å². The van der Waals surface area contributed by atoms with Gasteiger partial charge in [0.15, 0.2) is 0 Å². The molecule has 0 aromatic heterocycles. The van der Waals surface area contributed by atoms with Crippen LogP contribution in [0.2, 0.25) is 0 Å². The van der Waals surface area contributed by atoms with Crippen LogP contribution in [0.4, 0.5) is 0 Å². The fourth-order valence-electron chi connectivity index (χ4n) is 1.60. The summed E-state index contributed by atoms with van der Waals surface area (Å²) in [5.41, 5.74) is 0. The van der Waals surface area contributed by atoms with Crippen LogP contribution in [0.25, 0.3) is 0 Å². The van der Waals surface area contributed by atoms with E-state index in [2.05, 4.69) is 13.8 Å². The van der Waals surface area contributed by atoms with E-state index < -0.39 is 0 Å². The molecular formula is C14H29O. The summed E-state index contributed by atoms with van der Waals surface area (Å²) in [7, 11) is 0. The van der Waals surface area contributed by atoms with E-state index in [1.807, 2.05) is 6.61 Å². The van der Waals surface area contributed by atoms with E-state index in [-0.39, 0.29) is 0 Å². The maximum atomic E-state index is 5.44. The zero-order chi connectivity index (χ0) is 11.2. The maximum Gasteiger partial charge on any atom is 0.0836 e. The highest BCUT2D eigenvalue weighted by Crippen LogP contribution is 2.07. The molecule has 0 aliphatic carbocycles. The fraction of sp³-hybridized carbons (Fsp3) is 0.929. The van der Waals surface area contributed by atoms with E-state index in [4.69, 9.17) is 4.74 Å². The Morgan fingerprint density at radius 3 is 2.00 bits per heavy atom. The van der Waals surface area contributed by atoms with Crippen molar-refractivity contribution in [1.29, 1.82) is 0 Å². The Kier molecular flexibility index (Phi) is 13.9. The Morgan fingerprint density at radius 2 is 1.33 bits per heavy atom. The molecule has 0 atom stereocenters. The third-order valence-electron chi connectivity index (χ3n) is 2.66. The number of unbranched alkanes of at least 4 members (excludes halogenated alkanes) is 8. The summed E-state index contributed by atoms with van der Waals surface area (Å²) in [6.45, 7) is 7.39. The summed E-state index contributed by atoms with van der Waals surface area (Å²) in [6.07, 6.45) is 13.2. The molecule has 91 valence electrons. The van der Waals surface area contributed by atoms with Crippen LogP contribution >= 0.6 is 0 Å². The molecule has 0 heterocycles. The van der Waals surface area contributed by atoms with Crippen molar-refractivity contribution in [3.63, 3.8) is 0 Å². The van der Waals surface area contributed by atoms with Crippen molar-refractivity contribution in [3.8, 4) is 0 Å². The molecule has 0 rings (SSSR count). The van der Waals surface area contributed by atoms with Gasteiger partial charge in [-0.25, -0.2) is 0 Å². The van der Waals surface area contributed by atoms with Crippen molar-refractivity contribution in [2.45, 2.75) is 78.1 Å². The summed E-state index contributed by atoms with van der Waals surface area (Å²) >= 11 is 0. The summed E-state index contributed by atoms with van der Waals surface area (Å²) in [5.74, 6) is 0. The molecule has 1 nitrogen and oxygen atoms in total. The van der Waals surface area contributed by atoms with E-state index in [0.717, 1.165) is 13.0 Å². The zero-order valence-corrected chi connectivity index (χ0v) is 10.8. The number of hydrogen-bond donors (Lipinski definition) is 0. The molecule has 0 aliphatic heterocycles. The second kappa shape index (κ2) is 14.0. The summed E-state index contributed by atoms with van der Waals surface area (Å²) in [6, 6.07) is 0. The van der Waals surface area contributed by atoms with Crippen molar-refractivity contribution in [2.24, 2.45) is 0 Å². The van der Waals surface area contributed by atoms with Crippen LogP contribution < -0.4 is 0 Å². The lowest BCUT2D eigenvalue weighted by Gasteiger charge is -2.03. The summed E-state index contributed by atoms with van der Waals surface area (Å²) in [5, 5.41) is 0. The van der Waals surface area contributed by atoms with Crippen LogP contribution in [0.1, 0.15) is 78.1 Å². The first kappa shape index (κ1) is 15.0. The number of rotatable bonds is 12. The van der Waals surface area contributed by atoms with Crippen LogP contribution in [0.15, 0.2) is 0 Å². The minimum atomic E-state index is 0.928. The first-order chi connectivity index (χ1) is 7.41. The lowest BCUT2D eigenvalue weighted by atomic mass is 10.1. The molecule has 0 N–H and O–H groups in total. The van der Waals surface area contributed by atoms with Crippen LogP contribution in [-0.4, -0.2) is 6.61 Å². The molecule has 0 aromatic carbocycles. The van der Waals surface area contributed by atoms with E-state index >= 15 is 0 Å². The molecular weight excluding hydrogens is 184 g/mol. The molecule has 0 saturated heterocycles. The predicted molar refractivity (Wildman–Crippen MR) is 67.8 cm³/mol. The third-order valence-corrected chi connectivity index (χ3v) is 2.66. The Hall–Kier alpha value is -0.0400. The van der Waals surface area contributed by atoms with Gasteiger partial charge in [-0.3, -0.25) is 0 Å². The van der Waals surface area contributed by atoms with Crippen molar-refractivity contribution in [2.75, 3.05) is 6.61 Å². The van der Waals surface area contributed by atoms with Gasteiger partial charge in [-0.2, -0.15) is 0 Å². The van der Waals surface area contributed by atoms with Crippen molar-refractivity contribution >= 4 is 0 Å². The molecule has 0 aliphatic rings. The molecule has 0 spiro atoms. The minimum Gasteiger partial charge on any atom is -0.376 e. The van der Waals surface area contributed by atoms with Crippen LogP contribution in [0.5, 0.6) is 0 Å². The molecule has 15 heavy (non-hydrogen) atoms. The summed E-state index contributed by atoms with van der Waals surface area (Å²) < 4.78 is 5.44. The molecule has 0 bridgehead atoms. The molecule has 0 fully saturated rings. The summed E-state index contributed by atoms with van der Waals surface area (Å²) in [4.78, 5) is 0. The van der Waals surface area contributed by atoms with Gasteiger partial charge < -0.3 is 4.74 Å². The average molecular weight is 213 g/mol. The lowest BCUT2D eigenvalue weighted by Crippen LogP contribution is -1.92. The highest BCUT2D eigenvalue weighted by atomic mass is 16.5. The van der Waals surface area contributed by atoms with Crippen LogP contribution in [0, 0.1) is 6.61 Å². The van der Waals surface area contributed by atoms with E-state index in [9.17, 15) is 0 Å². The van der Waals surface area contributed by atoms with Crippen LogP contribution in [-0.2, 0) is 4.74 Å². The van der Waals surface area contributed by atoms with E-state index in [0.29, 0.717) is 0 Å². The van der Waals surface area contributed by atoms with Gasteiger partial charge in [0, 0.05) is 6.61 Å². The van der Waals surface area contributed by atoms with E-state index in [1.54, 1.807) is 0 Å². The van der Waals surface area contributed by atoms with Gasteiger partial charge in [-0.1, -0.05) is 65.2 Å². The van der Waals surface area contributed by atoms with Gasteiger partial charge in [0.2, 0.25) is 0 Å². The topological polar surface area (TPSA) is 9.23 Å². The third kappa shape index (κ3) is 14.0. The number of hydrogen-bond acceptors (Lipinski definition) is 1. The number of ether oxygens (including phenoxy) is 1. The molecule has 0 aromatic rings. The zero-order valence-electron chi connectivity index (χ0n) is 10.8. The normalized spacial score (nSPS) is 10.8. The molecule has 0 amide bonds. The minimum absolute atomic E-state index is 0.928. The molecule has 1 heteroatoms. The van der Waals surface area contributed by atoms with Crippen molar-refractivity contribution in [1.82, 2.24) is 0 Å². The predicted octanol–water partition coefficient (Wildman–Crippen LogP) is 5.11. The standard InChI is InChI=1S/C14H29O/c1-3-5-7-8-9-10-12-14-15-13-11-6-4-2/h13H,3-12,14H2,1-2H3. The van der Waals surface area contributed by atoms with Gasteiger partial charge in [0.05, 0.1) is 6.61 Å². The Bertz CT molecular complexity index is 89.5. The van der Waals surface area contributed by atoms with Gasteiger partial charge in [0.1, 0.15) is 0 Å². The smallest absolute Gasteiger partial charge is 0.0836 e. The average Bonchev–Trinajstić information content (AvgIpc) is 2.26. The second-order valence-electron chi connectivity index (χ2n) is 4.30. The Labute approximate surface area is 96.6 Å². The quantitative estimate of drug-likeness (QED) is 0.409. The highest BCUT2D eigenvalue weighted by molar-refractivity contribution is 4.51. The molecule has 0 saturated carbocycles. The van der Waals surface area contributed by atoms with Gasteiger partial charge >= 0.3 is 0 Å². The van der Waals surface area contributed by atoms with Crippen molar-refractivity contribution < 1.29 is 4.74 Å². The monoisotopic (exact) mass is 213 g/mol. The SMILES string of the molecule is CCCC[CH]OCCCCCCCCC. The van der Waals surface area contributed by atoms with Crippen molar-refractivity contribution in [3.05, 3.63) is 6.61 Å². The largest absolute Gasteiger partial charge is 0.376 e. The highest BCUT2D eigenvalue weighted by Gasteiger charge is 1.92. The molecule has 1 radical (unpaired) electrons. The first-order valence-electron chi connectivity index (χ1n) is 6.85. The molecule has 0 unspecified atom stereocenters.